The van der Waals surface area contributed by atoms with Crippen LogP contribution in [0.4, 0.5) is 0 Å². The smallest absolute Gasteiger partial charge is 0.252 e. The second-order valence-electron chi connectivity index (χ2n) is 4.88. The van der Waals surface area contributed by atoms with Gasteiger partial charge in [0.1, 0.15) is 0 Å². The molecule has 1 aromatic carbocycles. The lowest BCUT2D eigenvalue weighted by Crippen LogP contribution is -2.26. The maximum absolute atomic E-state index is 12.1. The Labute approximate surface area is 146 Å². The van der Waals surface area contributed by atoms with Gasteiger partial charge < -0.3 is 5.32 Å². The largest absolute Gasteiger partial charge is 0.352 e. The summed E-state index contributed by atoms with van der Waals surface area (Å²) < 4.78 is 3.84. The van der Waals surface area contributed by atoms with Gasteiger partial charge in [-0.2, -0.15) is 5.10 Å². The third-order valence-corrected chi connectivity index (χ3v) is 4.54. The van der Waals surface area contributed by atoms with Crippen molar-refractivity contribution in [1.82, 2.24) is 15.1 Å². The van der Waals surface area contributed by atoms with Gasteiger partial charge in [-0.25, -0.2) is 0 Å². The molecule has 6 heteroatoms. The van der Waals surface area contributed by atoms with Crippen molar-refractivity contribution < 1.29 is 4.79 Å². The summed E-state index contributed by atoms with van der Waals surface area (Å²) in [7, 11) is 0. The number of hydrogen-bond acceptors (Lipinski definition) is 2. The number of aryl methyl sites for hydroxylation is 3. The second kappa shape index (κ2) is 7.40. The van der Waals surface area contributed by atoms with Gasteiger partial charge in [0.2, 0.25) is 0 Å². The number of nitrogens with zero attached hydrogens (tertiary/aromatic N) is 2. The number of carbonyl (C=O) groups excluding carboxylic acids is 1. The summed E-state index contributed by atoms with van der Waals surface area (Å²) in [5, 5.41) is 7.37. The number of hydrogen-bond donors (Lipinski definition) is 1. The molecule has 0 aliphatic rings. The van der Waals surface area contributed by atoms with Crippen molar-refractivity contribution in [2.24, 2.45) is 0 Å². The van der Waals surface area contributed by atoms with Crippen molar-refractivity contribution in [3.63, 3.8) is 0 Å². The van der Waals surface area contributed by atoms with Crippen LogP contribution in [0.3, 0.4) is 0 Å². The lowest BCUT2D eigenvalue weighted by molar-refractivity contribution is 0.0951. The summed E-state index contributed by atoms with van der Waals surface area (Å²) >= 11 is 5.57. The van der Waals surface area contributed by atoms with Crippen LogP contribution < -0.4 is 5.32 Å². The molecule has 0 fully saturated rings. The summed E-state index contributed by atoms with van der Waals surface area (Å²) in [5.41, 5.74) is 2.89. The Hall–Kier alpha value is -0.890. The Balaban J connectivity index is 1.84. The van der Waals surface area contributed by atoms with Gasteiger partial charge in [0.25, 0.3) is 5.91 Å². The quantitative estimate of drug-likeness (QED) is 0.545. The molecule has 0 unspecified atom stereocenters. The van der Waals surface area contributed by atoms with E-state index in [1.807, 2.05) is 36.7 Å². The van der Waals surface area contributed by atoms with E-state index >= 15 is 0 Å². The molecular formula is C15H17BrIN3O. The van der Waals surface area contributed by atoms with Crippen LogP contribution in [0.2, 0.25) is 0 Å². The van der Waals surface area contributed by atoms with Crippen LogP contribution in [0.5, 0.6) is 0 Å². The van der Waals surface area contributed by atoms with Crippen LogP contribution in [0, 0.1) is 17.4 Å². The van der Waals surface area contributed by atoms with Gasteiger partial charge in [-0.3, -0.25) is 9.48 Å². The molecule has 2 rings (SSSR count). The van der Waals surface area contributed by atoms with E-state index in [0.29, 0.717) is 12.1 Å². The van der Waals surface area contributed by atoms with Crippen molar-refractivity contribution in [2.75, 3.05) is 6.54 Å². The molecule has 0 spiro atoms. The van der Waals surface area contributed by atoms with Gasteiger partial charge in [0.15, 0.2) is 0 Å². The molecule has 4 nitrogen and oxygen atoms in total. The normalized spacial score (nSPS) is 10.7. The Kier molecular flexibility index (Phi) is 5.80. The van der Waals surface area contributed by atoms with Crippen molar-refractivity contribution in [1.29, 1.82) is 0 Å². The SMILES string of the molecule is Cc1cc(C)n(CCCNC(=O)c2cc(Br)ccc2I)n1. The third-order valence-electron chi connectivity index (χ3n) is 3.11. The van der Waals surface area contributed by atoms with E-state index in [2.05, 4.69) is 55.0 Å². The fourth-order valence-corrected chi connectivity index (χ4v) is 3.04. The first-order valence-electron chi connectivity index (χ1n) is 6.71. The van der Waals surface area contributed by atoms with E-state index in [-0.39, 0.29) is 5.91 Å². The number of benzene rings is 1. The number of halogens is 2. The van der Waals surface area contributed by atoms with Gasteiger partial charge in [0, 0.05) is 26.8 Å². The zero-order chi connectivity index (χ0) is 15.4. The molecule has 1 heterocycles. The van der Waals surface area contributed by atoms with E-state index in [9.17, 15) is 4.79 Å². The van der Waals surface area contributed by atoms with E-state index in [0.717, 1.165) is 32.4 Å². The molecule has 0 bridgehead atoms. The minimum absolute atomic E-state index is 0.0333. The van der Waals surface area contributed by atoms with Crippen LogP contribution >= 0.6 is 38.5 Å². The average Bonchev–Trinajstić information content (AvgIpc) is 2.75. The molecule has 1 N–H and O–H groups in total. The van der Waals surface area contributed by atoms with Crippen LogP contribution in [0.25, 0.3) is 0 Å². The molecule has 0 radical (unpaired) electrons. The first kappa shape index (κ1) is 16.5. The van der Waals surface area contributed by atoms with Crippen molar-refractivity contribution >= 4 is 44.4 Å². The molecule has 0 aliphatic heterocycles. The standard InChI is InChI=1S/C15H17BrIN3O/c1-10-8-11(2)20(19-10)7-3-6-18-15(21)13-9-12(16)4-5-14(13)17/h4-5,8-9H,3,6-7H2,1-2H3,(H,18,21). The Morgan fingerprint density at radius 1 is 1.38 bits per heavy atom. The number of nitrogens with one attached hydrogen (secondary N) is 1. The summed E-state index contributed by atoms with van der Waals surface area (Å²) in [5.74, 6) is -0.0333. The van der Waals surface area contributed by atoms with Gasteiger partial charge >= 0.3 is 0 Å². The Morgan fingerprint density at radius 2 is 2.14 bits per heavy atom. The molecule has 1 aromatic heterocycles. The van der Waals surface area contributed by atoms with Crippen molar-refractivity contribution in [3.05, 3.63) is 49.3 Å². The van der Waals surface area contributed by atoms with Gasteiger partial charge in [-0.15, -0.1) is 0 Å². The summed E-state index contributed by atoms with van der Waals surface area (Å²) in [6.07, 6.45) is 0.859. The van der Waals surface area contributed by atoms with E-state index in [1.54, 1.807) is 0 Å². The summed E-state index contributed by atoms with van der Waals surface area (Å²) in [6, 6.07) is 7.76. The van der Waals surface area contributed by atoms with Crippen LogP contribution in [0.15, 0.2) is 28.7 Å². The lowest BCUT2D eigenvalue weighted by Gasteiger charge is -2.08. The molecule has 2 aromatic rings. The third kappa shape index (κ3) is 4.54. The molecular weight excluding hydrogens is 445 g/mol. The molecule has 112 valence electrons. The van der Waals surface area contributed by atoms with Crippen molar-refractivity contribution in [3.8, 4) is 0 Å². The summed E-state index contributed by atoms with van der Waals surface area (Å²) in [4.78, 5) is 12.1. The highest BCUT2D eigenvalue weighted by atomic mass is 127. The highest BCUT2D eigenvalue weighted by molar-refractivity contribution is 14.1. The molecule has 0 atom stereocenters. The minimum atomic E-state index is -0.0333. The van der Waals surface area contributed by atoms with E-state index in [1.165, 1.54) is 0 Å². The lowest BCUT2D eigenvalue weighted by atomic mass is 10.2. The minimum Gasteiger partial charge on any atom is -0.352 e. The monoisotopic (exact) mass is 461 g/mol. The molecule has 0 saturated carbocycles. The fraction of sp³-hybridized carbons (Fsp3) is 0.333. The highest BCUT2D eigenvalue weighted by Gasteiger charge is 2.10. The number of amides is 1. The second-order valence-corrected chi connectivity index (χ2v) is 6.96. The molecule has 21 heavy (non-hydrogen) atoms. The number of aromatic nitrogens is 2. The Morgan fingerprint density at radius 3 is 2.81 bits per heavy atom. The molecule has 1 amide bonds. The van der Waals surface area contributed by atoms with Gasteiger partial charge in [0.05, 0.1) is 11.3 Å². The maximum Gasteiger partial charge on any atom is 0.252 e. The predicted octanol–water partition coefficient (Wildman–Crippen LogP) is 3.69. The zero-order valence-corrected chi connectivity index (χ0v) is 15.7. The molecule has 0 aliphatic carbocycles. The average molecular weight is 462 g/mol. The van der Waals surface area contributed by atoms with E-state index < -0.39 is 0 Å². The zero-order valence-electron chi connectivity index (χ0n) is 12.0. The topological polar surface area (TPSA) is 46.9 Å². The summed E-state index contributed by atoms with van der Waals surface area (Å²) in [6.45, 7) is 5.48. The Bertz CT molecular complexity index is 654. The van der Waals surface area contributed by atoms with Crippen LogP contribution in [0.1, 0.15) is 28.2 Å². The first-order chi connectivity index (χ1) is 9.97. The first-order valence-corrected chi connectivity index (χ1v) is 8.59. The number of carbonyl (C=O) groups is 1. The van der Waals surface area contributed by atoms with Crippen molar-refractivity contribution in [2.45, 2.75) is 26.8 Å². The van der Waals surface area contributed by atoms with Gasteiger partial charge in [-0.1, -0.05) is 15.9 Å². The number of rotatable bonds is 5. The van der Waals surface area contributed by atoms with E-state index in [4.69, 9.17) is 0 Å². The van der Waals surface area contributed by atoms with Crippen LogP contribution in [-0.4, -0.2) is 22.2 Å². The fourth-order valence-electron chi connectivity index (χ4n) is 2.10. The van der Waals surface area contributed by atoms with Crippen LogP contribution in [-0.2, 0) is 6.54 Å². The highest BCUT2D eigenvalue weighted by Crippen LogP contribution is 2.18. The maximum atomic E-state index is 12.1. The van der Waals surface area contributed by atoms with Gasteiger partial charge in [-0.05, 0) is 67.1 Å². The predicted molar refractivity (Wildman–Crippen MR) is 95.5 cm³/mol. The molecule has 0 saturated heterocycles.